The van der Waals surface area contributed by atoms with Crippen molar-refractivity contribution in [1.29, 1.82) is 0 Å². The monoisotopic (exact) mass is 909 g/mol. The lowest BCUT2D eigenvalue weighted by Gasteiger charge is -2.37. The summed E-state index contributed by atoms with van der Waals surface area (Å²) in [6.45, 7) is 8.58. The lowest BCUT2D eigenvalue weighted by Crippen LogP contribution is -2.62. The number of likely N-dealkylation sites (tertiary alicyclic amines) is 2. The number of rotatable bonds is 14. The van der Waals surface area contributed by atoms with Gasteiger partial charge in [-0.25, -0.2) is 4.72 Å². The number of nitrogens with one attached hydrogen (secondary N) is 4. The van der Waals surface area contributed by atoms with Gasteiger partial charge in [-0.15, -0.1) is 6.58 Å². The number of hydrogen-bond donors (Lipinski definition) is 4. The fourth-order valence-electron chi connectivity index (χ4n) is 13.1. The normalized spacial score (nSPS) is 33.0. The van der Waals surface area contributed by atoms with Crippen LogP contribution in [0.3, 0.4) is 0 Å². The molecule has 8 fully saturated rings. The number of ether oxygens (including phenoxy) is 1. The standard InChI is InChI=1S/C44H66F3N7O8S/c1-4-30-24-43(30,39(59)51-63(60,61)53-20-8-9-21-53)50-36(56)32-25-42(40(2,3)41(42)17-11-18-41)26-54(32)38(58)34(29-15-22-62-23-16-29)49-37(57)33(28-12-6-5-7-13-28)48-35(55)31-14-10-19-52(31)27-44(45,46)47/h4,28-34H,1,5-27H2,2-3H3,(H,48,55)(H,49,57)(H,50,56)(H,51,59)/t30-,31+,32+,33+,34+,42-,43-/m1/s1. The third-order valence-electron chi connectivity index (χ3n) is 17.1. The zero-order chi connectivity index (χ0) is 45.2. The van der Waals surface area contributed by atoms with Crippen LogP contribution in [-0.2, 0) is 38.9 Å². The Kier molecular flexibility index (Phi) is 12.6. The first-order valence-corrected chi connectivity index (χ1v) is 24.8. The number of nitrogens with zero attached hydrogens (tertiary/aromatic N) is 3. The minimum Gasteiger partial charge on any atom is -0.381 e. The lowest BCUT2D eigenvalue weighted by molar-refractivity contribution is -0.152. The molecule has 0 aromatic carbocycles. The number of carbonyl (C=O) groups is 5. The van der Waals surface area contributed by atoms with Gasteiger partial charge in [0, 0.05) is 44.2 Å². The molecule has 19 heteroatoms. The van der Waals surface area contributed by atoms with Crippen LogP contribution >= 0.6 is 0 Å². The molecular formula is C44H66F3N7O8S. The summed E-state index contributed by atoms with van der Waals surface area (Å²) in [6.07, 6.45) is 7.09. The molecule has 352 valence electrons. The van der Waals surface area contributed by atoms with Gasteiger partial charge in [0.15, 0.2) is 0 Å². The molecule has 15 nitrogen and oxygen atoms in total. The van der Waals surface area contributed by atoms with E-state index in [0.29, 0.717) is 64.6 Å². The predicted octanol–water partition coefficient (Wildman–Crippen LogP) is 3.30. The molecule has 0 aromatic heterocycles. The molecule has 4 heterocycles. The average Bonchev–Trinajstić information content (AvgIpc) is 3.62. The molecule has 4 saturated carbocycles. The van der Waals surface area contributed by atoms with Crippen LogP contribution in [0.5, 0.6) is 0 Å². The van der Waals surface area contributed by atoms with Gasteiger partial charge in [0.05, 0.1) is 12.6 Å². The van der Waals surface area contributed by atoms with Crippen LogP contribution < -0.4 is 20.7 Å². The molecule has 4 N–H and O–H groups in total. The first kappa shape index (κ1) is 46.2. The number of amides is 5. The Hall–Kier alpha value is -3.29. The quantitative estimate of drug-likeness (QED) is 0.190. The summed E-state index contributed by atoms with van der Waals surface area (Å²) in [4.78, 5) is 75.4. The maximum absolute atomic E-state index is 15.4. The third-order valence-corrected chi connectivity index (χ3v) is 18.6. The Labute approximate surface area is 368 Å². The average molecular weight is 910 g/mol. The molecule has 8 aliphatic rings. The highest BCUT2D eigenvalue weighted by molar-refractivity contribution is 7.87. The number of alkyl halides is 3. The van der Waals surface area contributed by atoms with Gasteiger partial charge < -0.3 is 25.6 Å². The van der Waals surface area contributed by atoms with Gasteiger partial charge in [0.2, 0.25) is 23.6 Å². The van der Waals surface area contributed by atoms with Gasteiger partial charge in [-0.1, -0.05) is 45.6 Å². The van der Waals surface area contributed by atoms with Gasteiger partial charge in [0.25, 0.3) is 5.91 Å². The van der Waals surface area contributed by atoms with Crippen LogP contribution in [0.2, 0.25) is 0 Å². The first-order valence-electron chi connectivity index (χ1n) is 23.4. The SMILES string of the molecule is C=C[C@@H]1C[C@]1(NC(=O)[C@@H]1C[C@@]2(CN1C(=O)[C@@H](NC(=O)[C@@H](NC(=O)[C@@H]1CCCN1CC(F)(F)F)C1CCCCC1)C1CCOCC1)C(C)(C)C21CCC1)C(=O)NS(=O)(=O)N1CCCC1. The summed E-state index contributed by atoms with van der Waals surface area (Å²) in [7, 11) is -4.16. The van der Waals surface area contributed by atoms with Crippen molar-refractivity contribution < 1.29 is 50.3 Å². The number of halogens is 3. The van der Waals surface area contributed by atoms with E-state index in [1.807, 2.05) is 0 Å². The highest BCUT2D eigenvalue weighted by Gasteiger charge is 2.85. The fraction of sp³-hybridized carbons (Fsp3) is 0.841. The van der Waals surface area contributed by atoms with Crippen molar-refractivity contribution >= 4 is 39.7 Å². The highest BCUT2D eigenvalue weighted by Crippen LogP contribution is 2.88. The Morgan fingerprint density at radius 3 is 2.05 bits per heavy atom. The largest absolute Gasteiger partial charge is 0.401 e. The Bertz CT molecular complexity index is 1930. The number of hydrogen-bond acceptors (Lipinski definition) is 9. The molecule has 5 amide bonds. The van der Waals surface area contributed by atoms with E-state index in [-0.39, 0.29) is 61.7 Å². The second-order valence-corrected chi connectivity index (χ2v) is 22.1. The molecule has 2 spiro atoms. The van der Waals surface area contributed by atoms with Gasteiger partial charge in [-0.05, 0) is 106 Å². The molecule has 8 rings (SSSR count). The van der Waals surface area contributed by atoms with E-state index in [4.69, 9.17) is 4.74 Å². The molecular weight excluding hydrogens is 844 g/mol. The minimum atomic E-state index is -4.50. The summed E-state index contributed by atoms with van der Waals surface area (Å²) in [5.41, 5.74) is -2.32. The van der Waals surface area contributed by atoms with Crippen LogP contribution in [0.4, 0.5) is 13.2 Å². The van der Waals surface area contributed by atoms with Crippen LogP contribution in [0, 0.1) is 34.0 Å². The van der Waals surface area contributed by atoms with E-state index in [0.717, 1.165) is 43.4 Å². The smallest absolute Gasteiger partial charge is 0.381 e. The van der Waals surface area contributed by atoms with Crippen molar-refractivity contribution in [2.24, 2.45) is 34.0 Å². The second kappa shape index (κ2) is 17.2. The summed E-state index contributed by atoms with van der Waals surface area (Å²) in [5, 5.41) is 8.85. The third kappa shape index (κ3) is 8.31. The van der Waals surface area contributed by atoms with Crippen LogP contribution in [0.15, 0.2) is 12.7 Å². The van der Waals surface area contributed by atoms with Crippen LogP contribution in [-0.4, -0.2) is 134 Å². The van der Waals surface area contributed by atoms with Crippen molar-refractivity contribution in [2.75, 3.05) is 45.9 Å². The molecule has 4 aliphatic carbocycles. The first-order chi connectivity index (χ1) is 29.8. The van der Waals surface area contributed by atoms with Crippen molar-refractivity contribution in [1.82, 2.24) is 34.8 Å². The molecule has 0 unspecified atom stereocenters. The van der Waals surface area contributed by atoms with Crippen molar-refractivity contribution in [3.05, 3.63) is 12.7 Å². The maximum Gasteiger partial charge on any atom is 0.401 e. The summed E-state index contributed by atoms with van der Waals surface area (Å²) in [5.74, 6) is -4.35. The maximum atomic E-state index is 15.4. The fourth-order valence-corrected chi connectivity index (χ4v) is 14.4. The van der Waals surface area contributed by atoms with Gasteiger partial charge in [0.1, 0.15) is 23.7 Å². The molecule has 0 bridgehead atoms. The minimum absolute atomic E-state index is 0.0936. The van der Waals surface area contributed by atoms with Crippen molar-refractivity contribution in [3.63, 3.8) is 0 Å². The van der Waals surface area contributed by atoms with Gasteiger partial charge in [-0.3, -0.25) is 28.9 Å². The zero-order valence-corrected chi connectivity index (χ0v) is 37.6. The van der Waals surface area contributed by atoms with Crippen molar-refractivity contribution in [3.8, 4) is 0 Å². The Morgan fingerprint density at radius 1 is 0.794 bits per heavy atom. The van der Waals surface area contributed by atoms with E-state index < -0.39 is 93.5 Å². The van der Waals surface area contributed by atoms with Crippen LogP contribution in [0.1, 0.15) is 117 Å². The zero-order valence-electron chi connectivity index (χ0n) is 36.7. The molecule has 4 aliphatic heterocycles. The Morgan fingerprint density at radius 2 is 1.46 bits per heavy atom. The van der Waals surface area contributed by atoms with Crippen molar-refractivity contribution in [2.45, 2.75) is 152 Å². The molecule has 63 heavy (non-hydrogen) atoms. The topological polar surface area (TPSA) is 187 Å². The Balaban J connectivity index is 1.07. The van der Waals surface area contributed by atoms with Gasteiger partial charge >= 0.3 is 16.4 Å². The van der Waals surface area contributed by atoms with Crippen LogP contribution in [0.25, 0.3) is 0 Å². The molecule has 0 aromatic rings. The van der Waals surface area contributed by atoms with E-state index in [1.165, 1.54) is 10.4 Å². The van der Waals surface area contributed by atoms with E-state index in [1.54, 1.807) is 4.90 Å². The highest BCUT2D eigenvalue weighted by atomic mass is 32.2. The molecule has 4 saturated heterocycles. The lowest BCUT2D eigenvalue weighted by atomic mass is 9.73. The second-order valence-electron chi connectivity index (χ2n) is 20.4. The van der Waals surface area contributed by atoms with E-state index >= 15 is 4.79 Å². The van der Waals surface area contributed by atoms with E-state index in [2.05, 4.69) is 41.1 Å². The predicted molar refractivity (Wildman–Crippen MR) is 224 cm³/mol. The molecule has 0 radical (unpaired) electrons. The summed E-state index contributed by atoms with van der Waals surface area (Å²) in [6, 6.07) is -4.30. The van der Waals surface area contributed by atoms with E-state index in [9.17, 15) is 40.8 Å². The molecule has 7 atom stereocenters. The summed E-state index contributed by atoms with van der Waals surface area (Å²) >= 11 is 0. The van der Waals surface area contributed by atoms with Gasteiger partial charge in [-0.2, -0.15) is 25.9 Å². The number of fused-ring (bicyclic) bond motifs is 1. The summed E-state index contributed by atoms with van der Waals surface area (Å²) < 4.78 is 76.0. The number of carbonyl (C=O) groups excluding carboxylic acids is 5.